The molecule has 5 aromatic rings. The van der Waals surface area contributed by atoms with E-state index in [4.69, 9.17) is 23.7 Å². The second kappa shape index (κ2) is 22.3. The minimum atomic E-state index is -0.431. The first-order chi connectivity index (χ1) is 27.4. The summed E-state index contributed by atoms with van der Waals surface area (Å²) >= 11 is 0. The Labute approximate surface area is 329 Å². The van der Waals surface area contributed by atoms with Gasteiger partial charge in [-0.3, -0.25) is 0 Å². The summed E-state index contributed by atoms with van der Waals surface area (Å²) in [6.45, 7) is 8.84. The van der Waals surface area contributed by atoms with Crippen molar-refractivity contribution in [2.75, 3.05) is 26.4 Å². The van der Waals surface area contributed by atoms with Crippen molar-refractivity contribution in [1.29, 1.82) is 0 Å². The van der Waals surface area contributed by atoms with Crippen molar-refractivity contribution in [2.24, 2.45) is 0 Å². The topological polar surface area (TPSA) is 97.4 Å². The summed E-state index contributed by atoms with van der Waals surface area (Å²) < 4.78 is 27.4. The molecule has 0 saturated heterocycles. The Balaban J connectivity index is 1.03. The summed E-state index contributed by atoms with van der Waals surface area (Å²) in [5.74, 6) is 0.848. The molecule has 0 N–H and O–H groups in total. The fourth-order valence-electron chi connectivity index (χ4n) is 6.03. The van der Waals surface area contributed by atoms with Crippen molar-refractivity contribution < 1.29 is 38.1 Å². The molecule has 0 amide bonds. The summed E-state index contributed by atoms with van der Waals surface area (Å²) in [6.07, 6.45) is 10.6. The van der Waals surface area contributed by atoms with E-state index < -0.39 is 11.9 Å². The van der Waals surface area contributed by atoms with Crippen molar-refractivity contribution in [3.8, 4) is 28.4 Å². The van der Waals surface area contributed by atoms with Crippen LogP contribution in [0.1, 0.15) is 72.9 Å². The molecule has 0 spiro atoms. The molecular weight excluding hydrogens is 705 g/mol. The van der Waals surface area contributed by atoms with Gasteiger partial charge >= 0.3 is 17.9 Å². The maximum Gasteiger partial charge on any atom is 0.343 e. The molecule has 0 heterocycles. The zero-order valence-corrected chi connectivity index (χ0v) is 31.9. The van der Waals surface area contributed by atoms with Gasteiger partial charge in [0.2, 0.25) is 0 Å². The van der Waals surface area contributed by atoms with E-state index in [0.717, 1.165) is 85.4 Å². The molecule has 5 aromatic carbocycles. The minimum absolute atomic E-state index is 0.370. The van der Waals surface area contributed by atoms with Gasteiger partial charge in [0.25, 0.3) is 0 Å². The molecule has 0 aliphatic heterocycles. The number of rotatable bonds is 23. The highest BCUT2D eigenvalue weighted by Gasteiger charge is 2.11. The smallest absolute Gasteiger partial charge is 0.343 e. The van der Waals surface area contributed by atoms with E-state index >= 15 is 0 Å². The Bertz CT molecular complexity index is 2030. The maximum atomic E-state index is 12.9. The van der Waals surface area contributed by atoms with Crippen LogP contribution in [0.2, 0.25) is 0 Å². The molecule has 5 rings (SSSR count). The number of hydrogen-bond donors (Lipinski definition) is 0. The summed E-state index contributed by atoms with van der Waals surface area (Å²) in [7, 11) is 0. The summed E-state index contributed by atoms with van der Waals surface area (Å²) in [5.41, 5.74) is 5.13. The number of carbonyl (C=O) groups excluding carboxylic acids is 3. The van der Waals surface area contributed by atoms with E-state index in [-0.39, 0.29) is 5.97 Å². The normalized spacial score (nSPS) is 10.7. The quantitative estimate of drug-likeness (QED) is 0.0281. The van der Waals surface area contributed by atoms with E-state index in [2.05, 4.69) is 61.7 Å². The lowest BCUT2D eigenvalue weighted by Gasteiger charge is -2.10. The van der Waals surface area contributed by atoms with E-state index in [1.54, 1.807) is 24.3 Å². The van der Waals surface area contributed by atoms with Crippen LogP contribution in [0.5, 0.6) is 17.2 Å². The largest absolute Gasteiger partial charge is 0.494 e. The molecule has 8 heteroatoms. The average molecular weight is 755 g/mol. The molecule has 0 aromatic heterocycles. The number of benzene rings is 5. The molecular formula is C48H50O8. The van der Waals surface area contributed by atoms with Gasteiger partial charge < -0.3 is 23.7 Å². The first-order valence-electron chi connectivity index (χ1n) is 19.3. The molecule has 0 fully saturated rings. The molecule has 0 unspecified atom stereocenters. The van der Waals surface area contributed by atoms with Gasteiger partial charge in [0, 0.05) is 12.2 Å². The lowest BCUT2D eigenvalue weighted by Crippen LogP contribution is -2.08. The molecule has 290 valence electrons. The van der Waals surface area contributed by atoms with Crippen LogP contribution in [0.25, 0.3) is 21.9 Å². The number of ether oxygens (including phenoxy) is 5. The van der Waals surface area contributed by atoms with Crippen LogP contribution >= 0.6 is 0 Å². The SMILES string of the molecule is C=CC(=O)OCCCCCCOc1ccc(Cc2ccc(-c3ccc4cc(OC(=O)c5ccc(OCCCCCCOC(=O)C=C)cc5)ccc4c3)cc2)cc1. The summed E-state index contributed by atoms with van der Waals surface area (Å²) in [6, 6.07) is 35.8. The minimum Gasteiger partial charge on any atom is -0.494 e. The first kappa shape index (κ1) is 41.0. The molecule has 0 radical (unpaired) electrons. The lowest BCUT2D eigenvalue weighted by atomic mass is 9.98. The molecule has 0 aliphatic carbocycles. The molecule has 0 aliphatic rings. The van der Waals surface area contributed by atoms with Crippen LogP contribution in [-0.4, -0.2) is 44.3 Å². The highest BCUT2D eigenvalue weighted by atomic mass is 16.5. The Morgan fingerprint density at radius 1 is 0.464 bits per heavy atom. The Morgan fingerprint density at radius 2 is 0.911 bits per heavy atom. The number of hydrogen-bond acceptors (Lipinski definition) is 8. The van der Waals surface area contributed by atoms with E-state index in [1.165, 1.54) is 23.3 Å². The third-order valence-corrected chi connectivity index (χ3v) is 9.17. The summed E-state index contributed by atoms with van der Waals surface area (Å²) in [4.78, 5) is 35.0. The highest BCUT2D eigenvalue weighted by molar-refractivity contribution is 5.93. The number of unbranched alkanes of at least 4 members (excludes halogenated alkanes) is 6. The van der Waals surface area contributed by atoms with Crippen molar-refractivity contribution >= 4 is 28.7 Å². The molecule has 0 atom stereocenters. The predicted molar refractivity (Wildman–Crippen MR) is 220 cm³/mol. The van der Waals surface area contributed by atoms with Crippen LogP contribution in [0.15, 0.2) is 135 Å². The van der Waals surface area contributed by atoms with Crippen molar-refractivity contribution in [2.45, 2.75) is 57.8 Å². The van der Waals surface area contributed by atoms with Gasteiger partial charge in [-0.2, -0.15) is 0 Å². The van der Waals surface area contributed by atoms with Gasteiger partial charge in [-0.25, -0.2) is 14.4 Å². The van der Waals surface area contributed by atoms with Crippen molar-refractivity contribution in [3.05, 3.63) is 151 Å². The third-order valence-electron chi connectivity index (χ3n) is 9.17. The number of fused-ring (bicyclic) bond motifs is 1. The zero-order chi connectivity index (χ0) is 39.4. The Morgan fingerprint density at radius 3 is 1.46 bits per heavy atom. The Hall–Kier alpha value is -6.15. The molecule has 8 nitrogen and oxygen atoms in total. The Kier molecular flexibility index (Phi) is 16.3. The fourth-order valence-corrected chi connectivity index (χ4v) is 6.03. The molecule has 56 heavy (non-hydrogen) atoms. The van der Waals surface area contributed by atoms with Crippen molar-refractivity contribution in [1.82, 2.24) is 0 Å². The standard InChI is InChI=1S/C48H50O8/c1-3-46(49)54-31-11-7-5-9-29-52-43-24-15-37(16-25-43)33-36-13-17-38(18-14-36)40-19-20-42-35-45(28-23-41(42)34-40)56-48(51)39-21-26-44(27-22-39)53-30-10-6-8-12-32-55-47(50)4-2/h3-4,13-28,34-35H,1-2,5-12,29-33H2. The van der Waals surface area contributed by atoms with E-state index in [0.29, 0.717) is 43.5 Å². The van der Waals surface area contributed by atoms with Gasteiger partial charge in [-0.15, -0.1) is 0 Å². The molecule has 0 bridgehead atoms. The first-order valence-corrected chi connectivity index (χ1v) is 19.3. The van der Waals surface area contributed by atoms with Crippen LogP contribution < -0.4 is 14.2 Å². The van der Waals surface area contributed by atoms with Gasteiger partial charge in [0.05, 0.1) is 32.0 Å². The van der Waals surface area contributed by atoms with Crippen LogP contribution in [0.4, 0.5) is 0 Å². The van der Waals surface area contributed by atoms with Crippen LogP contribution in [0, 0.1) is 0 Å². The predicted octanol–water partition coefficient (Wildman–Crippen LogP) is 10.7. The van der Waals surface area contributed by atoms with Crippen LogP contribution in [0.3, 0.4) is 0 Å². The second-order valence-corrected chi connectivity index (χ2v) is 13.4. The highest BCUT2D eigenvalue weighted by Crippen LogP contribution is 2.28. The van der Waals surface area contributed by atoms with Crippen LogP contribution in [-0.2, 0) is 25.5 Å². The second-order valence-electron chi connectivity index (χ2n) is 13.4. The van der Waals surface area contributed by atoms with E-state index in [9.17, 15) is 14.4 Å². The average Bonchev–Trinajstić information content (AvgIpc) is 3.23. The van der Waals surface area contributed by atoms with Crippen molar-refractivity contribution in [3.63, 3.8) is 0 Å². The zero-order valence-electron chi connectivity index (χ0n) is 31.9. The summed E-state index contributed by atoms with van der Waals surface area (Å²) in [5, 5.41) is 2.03. The monoisotopic (exact) mass is 754 g/mol. The number of carbonyl (C=O) groups is 3. The van der Waals surface area contributed by atoms with E-state index in [1.807, 2.05) is 36.4 Å². The fraction of sp³-hybridized carbons (Fsp3) is 0.271. The third kappa shape index (κ3) is 13.6. The van der Waals surface area contributed by atoms with Gasteiger partial charge in [-0.1, -0.05) is 67.8 Å². The van der Waals surface area contributed by atoms with Gasteiger partial charge in [-0.05, 0) is 145 Å². The lowest BCUT2D eigenvalue weighted by molar-refractivity contribution is -0.138. The molecule has 0 saturated carbocycles. The van der Waals surface area contributed by atoms with Gasteiger partial charge in [0.15, 0.2) is 0 Å². The number of esters is 3. The maximum absolute atomic E-state index is 12.9. The van der Waals surface area contributed by atoms with Gasteiger partial charge in [0.1, 0.15) is 17.2 Å².